The highest BCUT2D eigenvalue weighted by Crippen LogP contribution is 2.34. The van der Waals surface area contributed by atoms with Gasteiger partial charge in [0.25, 0.3) is 0 Å². The normalized spacial score (nSPS) is 24.6. The Hall–Kier alpha value is -2.12. The van der Waals surface area contributed by atoms with Crippen LogP contribution in [0.2, 0.25) is 0 Å². The van der Waals surface area contributed by atoms with Gasteiger partial charge in [-0.05, 0) is 37.1 Å². The first kappa shape index (κ1) is 21.1. The zero-order valence-electron chi connectivity index (χ0n) is 17.9. The fourth-order valence-corrected chi connectivity index (χ4v) is 5.14. The van der Waals surface area contributed by atoms with Crippen molar-refractivity contribution in [1.29, 1.82) is 0 Å². The maximum Gasteiger partial charge on any atom is 0.227 e. The second kappa shape index (κ2) is 9.35. The van der Waals surface area contributed by atoms with Crippen molar-refractivity contribution in [2.45, 2.75) is 44.1 Å². The molecule has 3 fully saturated rings. The highest BCUT2D eigenvalue weighted by Gasteiger charge is 2.40. The van der Waals surface area contributed by atoms with Gasteiger partial charge in [-0.3, -0.25) is 14.5 Å². The van der Waals surface area contributed by atoms with E-state index in [0.29, 0.717) is 13.1 Å². The molecular weight excluding hydrogens is 382 g/mol. The highest BCUT2D eigenvalue weighted by molar-refractivity contribution is 6.00. The molecule has 1 atom stereocenters. The molecule has 0 aromatic heterocycles. The van der Waals surface area contributed by atoms with E-state index in [2.05, 4.69) is 10.2 Å². The number of nitrogens with zero attached hydrogens (tertiary/aromatic N) is 2. The van der Waals surface area contributed by atoms with Crippen LogP contribution >= 0.6 is 0 Å². The molecule has 4 rings (SSSR count). The van der Waals surface area contributed by atoms with Gasteiger partial charge in [-0.1, -0.05) is 19.3 Å². The number of hydrogen-bond acceptors (Lipinski definition) is 5. The maximum absolute atomic E-state index is 13.0. The van der Waals surface area contributed by atoms with Gasteiger partial charge in [0.2, 0.25) is 11.8 Å². The molecule has 0 radical (unpaired) electrons. The average Bonchev–Trinajstić information content (AvgIpc) is 3.20. The second-order valence-electron chi connectivity index (χ2n) is 8.71. The minimum atomic E-state index is -0.301. The predicted molar refractivity (Wildman–Crippen MR) is 115 cm³/mol. The van der Waals surface area contributed by atoms with E-state index in [-0.39, 0.29) is 29.7 Å². The molecule has 2 heterocycles. The van der Waals surface area contributed by atoms with Crippen LogP contribution in [0.15, 0.2) is 24.3 Å². The average molecular weight is 416 g/mol. The van der Waals surface area contributed by atoms with E-state index in [9.17, 15) is 9.59 Å². The number of benzene rings is 1. The number of carbonyl (C=O) groups excluding carboxylic acids is 2. The fraction of sp³-hybridized carbons (Fsp3) is 0.652. The Bertz CT molecular complexity index is 739. The van der Waals surface area contributed by atoms with Crippen LogP contribution < -0.4 is 15.0 Å². The molecule has 7 nitrogen and oxygen atoms in total. The first-order valence-electron chi connectivity index (χ1n) is 11.2. The Kier molecular flexibility index (Phi) is 6.58. The summed E-state index contributed by atoms with van der Waals surface area (Å²) in [5.41, 5.74) is 0.851. The number of carbonyl (C=O) groups is 2. The molecule has 164 valence electrons. The number of anilines is 1. The van der Waals surface area contributed by atoms with Crippen LogP contribution in [0.25, 0.3) is 0 Å². The van der Waals surface area contributed by atoms with Crippen molar-refractivity contribution in [1.82, 2.24) is 10.2 Å². The molecule has 1 saturated carbocycles. The molecular formula is C23H33N3O4. The van der Waals surface area contributed by atoms with Crippen molar-refractivity contribution in [3.8, 4) is 5.75 Å². The van der Waals surface area contributed by atoms with Gasteiger partial charge in [0.15, 0.2) is 0 Å². The SMILES string of the molecule is COc1ccc(N2CC(C(=O)NCC3(N4CCOCC4)CCCCC3)CC2=O)cc1. The van der Waals surface area contributed by atoms with Gasteiger partial charge in [-0.2, -0.15) is 0 Å². The topological polar surface area (TPSA) is 71.1 Å². The van der Waals surface area contributed by atoms with Crippen LogP contribution in [-0.4, -0.2) is 68.8 Å². The van der Waals surface area contributed by atoms with E-state index in [1.165, 1.54) is 19.3 Å². The lowest BCUT2D eigenvalue weighted by molar-refractivity contribution is -0.127. The molecule has 0 bridgehead atoms. The van der Waals surface area contributed by atoms with Crippen molar-refractivity contribution in [3.05, 3.63) is 24.3 Å². The highest BCUT2D eigenvalue weighted by atomic mass is 16.5. The van der Waals surface area contributed by atoms with Crippen molar-refractivity contribution in [2.75, 3.05) is 51.4 Å². The zero-order valence-corrected chi connectivity index (χ0v) is 17.9. The lowest BCUT2D eigenvalue weighted by Crippen LogP contribution is -2.60. The number of rotatable bonds is 6. The number of nitrogens with one attached hydrogen (secondary N) is 1. The van der Waals surface area contributed by atoms with Gasteiger partial charge in [-0.25, -0.2) is 0 Å². The maximum atomic E-state index is 13.0. The summed E-state index contributed by atoms with van der Waals surface area (Å²) in [6, 6.07) is 7.41. The minimum Gasteiger partial charge on any atom is -0.497 e. The van der Waals surface area contributed by atoms with Gasteiger partial charge in [-0.15, -0.1) is 0 Å². The van der Waals surface area contributed by atoms with Gasteiger partial charge in [0.1, 0.15) is 5.75 Å². The minimum absolute atomic E-state index is 0.000811. The molecule has 0 spiro atoms. The molecule has 2 aliphatic heterocycles. The molecule has 1 aromatic rings. The second-order valence-corrected chi connectivity index (χ2v) is 8.71. The molecule has 1 N–H and O–H groups in total. The van der Waals surface area contributed by atoms with Crippen LogP contribution in [0.1, 0.15) is 38.5 Å². The van der Waals surface area contributed by atoms with E-state index in [1.807, 2.05) is 24.3 Å². The van der Waals surface area contributed by atoms with Crippen molar-refractivity contribution in [2.24, 2.45) is 5.92 Å². The standard InChI is InChI=1S/C23H33N3O4/c1-29-20-7-5-19(6-8-20)26-16-18(15-21(26)27)22(28)24-17-23(9-3-2-4-10-23)25-11-13-30-14-12-25/h5-8,18H,2-4,9-17H2,1H3,(H,24,28). The van der Waals surface area contributed by atoms with E-state index < -0.39 is 0 Å². The molecule has 1 aliphatic carbocycles. The Balaban J connectivity index is 1.37. The third-order valence-corrected chi connectivity index (χ3v) is 6.94. The third-order valence-electron chi connectivity index (χ3n) is 6.94. The van der Waals surface area contributed by atoms with E-state index in [1.54, 1.807) is 12.0 Å². The summed E-state index contributed by atoms with van der Waals surface area (Å²) in [5, 5.41) is 3.22. The first-order chi connectivity index (χ1) is 14.6. The summed E-state index contributed by atoms with van der Waals surface area (Å²) in [7, 11) is 1.62. The number of amides is 2. The summed E-state index contributed by atoms with van der Waals surface area (Å²) in [4.78, 5) is 29.8. The van der Waals surface area contributed by atoms with Crippen LogP contribution in [0.5, 0.6) is 5.75 Å². The molecule has 1 unspecified atom stereocenters. The molecule has 1 aromatic carbocycles. The Labute approximate surface area is 178 Å². The van der Waals surface area contributed by atoms with Gasteiger partial charge < -0.3 is 19.7 Å². The molecule has 3 aliphatic rings. The Morgan fingerprint density at radius 1 is 1.17 bits per heavy atom. The third kappa shape index (κ3) is 4.47. The fourth-order valence-electron chi connectivity index (χ4n) is 5.14. The van der Waals surface area contributed by atoms with Gasteiger partial charge >= 0.3 is 0 Å². The van der Waals surface area contributed by atoms with Gasteiger partial charge in [0, 0.05) is 43.8 Å². The lowest BCUT2D eigenvalue weighted by Gasteiger charge is -2.48. The number of morpholine rings is 1. The van der Waals surface area contributed by atoms with Crippen molar-refractivity contribution in [3.63, 3.8) is 0 Å². The monoisotopic (exact) mass is 415 g/mol. The van der Waals surface area contributed by atoms with Crippen LogP contribution in [-0.2, 0) is 14.3 Å². The summed E-state index contributed by atoms with van der Waals surface area (Å²) < 4.78 is 10.7. The van der Waals surface area contributed by atoms with E-state index in [0.717, 1.165) is 50.6 Å². The lowest BCUT2D eigenvalue weighted by atomic mass is 9.79. The summed E-state index contributed by atoms with van der Waals surface area (Å²) in [6.45, 7) is 4.50. The van der Waals surface area contributed by atoms with Crippen molar-refractivity contribution >= 4 is 17.5 Å². The smallest absolute Gasteiger partial charge is 0.227 e. The molecule has 7 heteroatoms. The molecule has 30 heavy (non-hydrogen) atoms. The molecule has 2 saturated heterocycles. The van der Waals surface area contributed by atoms with E-state index in [4.69, 9.17) is 9.47 Å². The Morgan fingerprint density at radius 2 is 1.87 bits per heavy atom. The number of ether oxygens (including phenoxy) is 2. The van der Waals surface area contributed by atoms with Crippen LogP contribution in [0, 0.1) is 5.92 Å². The predicted octanol–water partition coefficient (Wildman–Crippen LogP) is 2.20. The van der Waals surface area contributed by atoms with Crippen LogP contribution in [0.4, 0.5) is 5.69 Å². The molecule has 2 amide bonds. The summed E-state index contributed by atoms with van der Waals surface area (Å²) in [6.07, 6.45) is 6.20. The Morgan fingerprint density at radius 3 is 2.53 bits per heavy atom. The summed E-state index contributed by atoms with van der Waals surface area (Å²) >= 11 is 0. The van der Waals surface area contributed by atoms with E-state index >= 15 is 0 Å². The quantitative estimate of drug-likeness (QED) is 0.771. The first-order valence-corrected chi connectivity index (χ1v) is 11.2. The summed E-state index contributed by atoms with van der Waals surface area (Å²) in [5.74, 6) is 0.448. The largest absolute Gasteiger partial charge is 0.497 e. The van der Waals surface area contributed by atoms with Crippen molar-refractivity contribution < 1.29 is 19.1 Å². The van der Waals surface area contributed by atoms with Gasteiger partial charge in [0.05, 0.1) is 26.2 Å². The number of methoxy groups -OCH3 is 1. The zero-order chi connectivity index (χ0) is 21.0. The van der Waals surface area contributed by atoms with Crippen LogP contribution in [0.3, 0.4) is 0 Å². The number of hydrogen-bond donors (Lipinski definition) is 1.